The molecular weight excluding hydrogens is 146 g/mol. The molecule has 0 aromatic heterocycles. The van der Waals surface area contributed by atoms with Crippen LogP contribution in [0.25, 0.3) is 0 Å². The quantitative estimate of drug-likeness (QED) is 0.571. The molecule has 0 bridgehead atoms. The molecule has 0 spiro atoms. The molecule has 0 radical (unpaired) electrons. The summed E-state index contributed by atoms with van der Waals surface area (Å²) in [6.45, 7) is 1.19. The first-order valence-electron chi connectivity index (χ1n) is 4.81. The molecule has 1 heteroatoms. The summed E-state index contributed by atoms with van der Waals surface area (Å²) in [5.41, 5.74) is 4.58. The van der Waals surface area contributed by atoms with Crippen molar-refractivity contribution in [2.45, 2.75) is 19.3 Å². The van der Waals surface area contributed by atoms with E-state index in [2.05, 4.69) is 23.5 Å². The lowest BCUT2D eigenvalue weighted by molar-refractivity contribution is 0.562. The van der Waals surface area contributed by atoms with Crippen molar-refractivity contribution in [3.63, 3.8) is 0 Å². The maximum absolute atomic E-state index is 3.52. The first kappa shape index (κ1) is 6.53. The Kier molecular flexibility index (Phi) is 1.23. The number of hydrogen-bond acceptors (Lipinski definition) is 1. The van der Waals surface area contributed by atoms with Gasteiger partial charge in [-0.3, -0.25) is 0 Å². The van der Waals surface area contributed by atoms with Crippen LogP contribution in [-0.4, -0.2) is 6.54 Å². The van der Waals surface area contributed by atoms with Gasteiger partial charge in [0.05, 0.1) is 0 Å². The van der Waals surface area contributed by atoms with Crippen LogP contribution in [0, 0.1) is 5.92 Å². The Morgan fingerprint density at radius 3 is 3.33 bits per heavy atom. The third-order valence-corrected chi connectivity index (χ3v) is 3.18. The zero-order valence-electron chi connectivity index (χ0n) is 7.14. The molecule has 1 nitrogen and oxygen atoms in total. The molecule has 1 aliphatic heterocycles. The predicted octanol–water partition coefficient (Wildman–Crippen LogP) is 2.14. The molecule has 1 atom stereocenters. The molecule has 1 fully saturated rings. The van der Waals surface area contributed by atoms with Crippen molar-refractivity contribution >= 4 is 0 Å². The van der Waals surface area contributed by atoms with Crippen molar-refractivity contribution in [3.05, 3.63) is 35.1 Å². The molecule has 0 aromatic carbocycles. The summed E-state index contributed by atoms with van der Waals surface area (Å²) in [4.78, 5) is 0. The standard InChI is InChI=1S/C11H13N/c1-2-8-4-5-9-6-7-12-11(9)10(8)3-1/h1-3,9,12H,4-7H2. The van der Waals surface area contributed by atoms with Crippen LogP contribution in [0.4, 0.5) is 0 Å². The lowest BCUT2D eigenvalue weighted by atomic mass is 9.85. The van der Waals surface area contributed by atoms with E-state index in [1.807, 2.05) is 0 Å². The maximum Gasteiger partial charge on any atom is 0.0215 e. The number of nitrogens with one attached hydrogen (secondary N) is 1. The number of fused-ring (bicyclic) bond motifs is 2. The Labute approximate surface area is 72.9 Å². The molecule has 62 valence electrons. The average molecular weight is 159 g/mol. The minimum atomic E-state index is 0.847. The van der Waals surface area contributed by atoms with Crippen molar-refractivity contribution in [2.24, 2.45) is 5.92 Å². The summed E-state index contributed by atoms with van der Waals surface area (Å²) >= 11 is 0. The van der Waals surface area contributed by atoms with Gasteiger partial charge in [-0.1, -0.05) is 18.2 Å². The van der Waals surface area contributed by atoms with Crippen LogP contribution >= 0.6 is 0 Å². The van der Waals surface area contributed by atoms with Gasteiger partial charge >= 0.3 is 0 Å². The van der Waals surface area contributed by atoms with Gasteiger partial charge in [-0.2, -0.15) is 0 Å². The van der Waals surface area contributed by atoms with E-state index >= 15 is 0 Å². The fraction of sp³-hybridized carbons (Fsp3) is 0.455. The summed E-state index contributed by atoms with van der Waals surface area (Å²) in [6.07, 6.45) is 10.7. The average Bonchev–Trinajstić information content (AvgIpc) is 2.71. The highest BCUT2D eigenvalue weighted by atomic mass is 14.9. The van der Waals surface area contributed by atoms with E-state index in [1.54, 1.807) is 5.57 Å². The number of rotatable bonds is 0. The van der Waals surface area contributed by atoms with Crippen LogP contribution in [0.3, 0.4) is 0 Å². The molecule has 2 aliphatic carbocycles. The first-order valence-corrected chi connectivity index (χ1v) is 4.81. The molecule has 0 saturated carbocycles. The molecule has 1 N–H and O–H groups in total. The molecule has 0 aromatic rings. The van der Waals surface area contributed by atoms with E-state index in [0.29, 0.717) is 0 Å². The van der Waals surface area contributed by atoms with Gasteiger partial charge in [-0.25, -0.2) is 0 Å². The molecule has 3 aliphatic rings. The Morgan fingerprint density at radius 1 is 1.33 bits per heavy atom. The zero-order valence-corrected chi connectivity index (χ0v) is 7.14. The lowest BCUT2D eigenvalue weighted by Crippen LogP contribution is -2.14. The second-order valence-electron chi connectivity index (χ2n) is 3.83. The first-order chi connectivity index (χ1) is 5.95. The summed E-state index contributed by atoms with van der Waals surface area (Å²) in [5.74, 6) is 0.847. The van der Waals surface area contributed by atoms with Crippen LogP contribution in [0.2, 0.25) is 0 Å². The largest absolute Gasteiger partial charge is 0.388 e. The highest BCUT2D eigenvalue weighted by Crippen LogP contribution is 2.39. The van der Waals surface area contributed by atoms with Gasteiger partial charge in [0.2, 0.25) is 0 Å². The van der Waals surface area contributed by atoms with Crippen LogP contribution < -0.4 is 5.32 Å². The van der Waals surface area contributed by atoms with Crippen molar-refractivity contribution < 1.29 is 0 Å². The van der Waals surface area contributed by atoms with E-state index < -0.39 is 0 Å². The monoisotopic (exact) mass is 159 g/mol. The van der Waals surface area contributed by atoms with Crippen molar-refractivity contribution in [3.8, 4) is 0 Å². The fourth-order valence-corrected chi connectivity index (χ4v) is 2.54. The smallest absolute Gasteiger partial charge is 0.0215 e. The summed E-state index contributed by atoms with van der Waals surface area (Å²) in [7, 11) is 0. The molecule has 1 heterocycles. The Balaban J connectivity index is 2.12. The van der Waals surface area contributed by atoms with Gasteiger partial charge in [0.1, 0.15) is 0 Å². The van der Waals surface area contributed by atoms with Crippen LogP contribution in [-0.2, 0) is 0 Å². The van der Waals surface area contributed by atoms with Gasteiger partial charge in [-0.15, -0.1) is 0 Å². The van der Waals surface area contributed by atoms with Crippen LogP contribution in [0.1, 0.15) is 19.3 Å². The maximum atomic E-state index is 3.52. The highest BCUT2D eigenvalue weighted by Gasteiger charge is 2.29. The van der Waals surface area contributed by atoms with Crippen molar-refractivity contribution in [2.75, 3.05) is 6.54 Å². The molecule has 0 amide bonds. The fourth-order valence-electron chi connectivity index (χ4n) is 2.54. The molecule has 1 saturated heterocycles. The van der Waals surface area contributed by atoms with Gasteiger partial charge in [0.25, 0.3) is 0 Å². The molecule has 3 rings (SSSR count). The predicted molar refractivity (Wildman–Crippen MR) is 49.6 cm³/mol. The zero-order chi connectivity index (χ0) is 7.97. The summed E-state index contributed by atoms with van der Waals surface area (Å²) in [6, 6.07) is 0. The van der Waals surface area contributed by atoms with Gasteiger partial charge in [0.15, 0.2) is 0 Å². The topological polar surface area (TPSA) is 12.0 Å². The van der Waals surface area contributed by atoms with Gasteiger partial charge in [0, 0.05) is 18.2 Å². The Hall–Kier alpha value is -0.980. The van der Waals surface area contributed by atoms with Crippen molar-refractivity contribution in [1.82, 2.24) is 5.32 Å². The minimum Gasteiger partial charge on any atom is -0.388 e. The third-order valence-electron chi connectivity index (χ3n) is 3.18. The third kappa shape index (κ3) is 0.739. The highest BCUT2D eigenvalue weighted by molar-refractivity contribution is 5.53. The van der Waals surface area contributed by atoms with E-state index in [-0.39, 0.29) is 0 Å². The Morgan fingerprint density at radius 2 is 2.33 bits per heavy atom. The van der Waals surface area contributed by atoms with E-state index in [0.717, 1.165) is 5.92 Å². The summed E-state index contributed by atoms with van der Waals surface area (Å²) < 4.78 is 0. The van der Waals surface area contributed by atoms with E-state index in [4.69, 9.17) is 0 Å². The minimum absolute atomic E-state index is 0.847. The number of allylic oxidation sites excluding steroid dienone is 6. The van der Waals surface area contributed by atoms with E-state index in [1.165, 1.54) is 37.1 Å². The Bertz CT molecular complexity index is 307. The lowest BCUT2D eigenvalue weighted by Gasteiger charge is -2.21. The summed E-state index contributed by atoms with van der Waals surface area (Å²) in [5, 5.41) is 3.52. The normalized spacial score (nSPS) is 31.3. The van der Waals surface area contributed by atoms with Crippen LogP contribution in [0.15, 0.2) is 35.1 Å². The second-order valence-corrected chi connectivity index (χ2v) is 3.83. The molecule has 1 unspecified atom stereocenters. The SMILES string of the molecule is C1=CC2=C3NCCC3CCC2=C1. The van der Waals surface area contributed by atoms with Crippen molar-refractivity contribution in [1.29, 1.82) is 0 Å². The number of hydrogen-bond donors (Lipinski definition) is 1. The van der Waals surface area contributed by atoms with Gasteiger partial charge in [-0.05, 0) is 30.4 Å². The van der Waals surface area contributed by atoms with E-state index in [9.17, 15) is 0 Å². The van der Waals surface area contributed by atoms with Gasteiger partial charge < -0.3 is 5.32 Å². The second kappa shape index (κ2) is 2.25. The molecule has 12 heavy (non-hydrogen) atoms. The molecular formula is C11H13N. The van der Waals surface area contributed by atoms with Crippen LogP contribution in [0.5, 0.6) is 0 Å².